The van der Waals surface area contributed by atoms with Gasteiger partial charge in [-0.15, -0.1) is 6.58 Å². The van der Waals surface area contributed by atoms with Crippen molar-refractivity contribution in [2.75, 3.05) is 19.3 Å². The number of nitrogens with zero attached hydrogens (tertiary/aromatic N) is 2. The van der Waals surface area contributed by atoms with Gasteiger partial charge in [-0.25, -0.2) is 0 Å². The molecule has 3 N–H and O–H groups in total. The number of aromatic nitrogens is 2. The van der Waals surface area contributed by atoms with Crippen LogP contribution in [0.1, 0.15) is 10.5 Å². The highest BCUT2D eigenvalue weighted by molar-refractivity contribution is 5.92. The molecule has 5 heteroatoms. The van der Waals surface area contributed by atoms with Gasteiger partial charge in [0.1, 0.15) is 11.5 Å². The molecule has 0 radical (unpaired) electrons. The Labute approximate surface area is 76.2 Å². The monoisotopic (exact) mass is 180 g/mol. The summed E-state index contributed by atoms with van der Waals surface area (Å²) in [4.78, 5) is 13.0. The minimum atomic E-state index is -0.149. The number of carbonyl (C=O) groups is 1. The maximum Gasteiger partial charge on any atom is 0.271 e. The summed E-state index contributed by atoms with van der Waals surface area (Å²) >= 11 is 0. The van der Waals surface area contributed by atoms with Gasteiger partial charge in [-0.3, -0.25) is 9.89 Å². The molecule has 0 aromatic carbocycles. The van der Waals surface area contributed by atoms with E-state index in [1.54, 1.807) is 13.1 Å². The number of aromatic amines is 1. The zero-order valence-corrected chi connectivity index (χ0v) is 7.45. The largest absolute Gasteiger partial charge is 0.382 e. The second-order valence-corrected chi connectivity index (χ2v) is 2.68. The molecular formula is C8H12N4O. The number of hydrogen-bond donors (Lipinski definition) is 2. The van der Waals surface area contributed by atoms with Gasteiger partial charge in [0.05, 0.1) is 0 Å². The second-order valence-electron chi connectivity index (χ2n) is 2.68. The Morgan fingerprint density at radius 3 is 3.08 bits per heavy atom. The zero-order chi connectivity index (χ0) is 9.84. The van der Waals surface area contributed by atoms with Gasteiger partial charge in [-0.2, -0.15) is 5.10 Å². The van der Waals surface area contributed by atoms with Crippen LogP contribution in [0.2, 0.25) is 0 Å². The Balaban J connectivity index is 2.73. The molecule has 0 unspecified atom stereocenters. The first-order chi connectivity index (χ1) is 6.15. The number of nitrogens with two attached hydrogens (primary N) is 1. The van der Waals surface area contributed by atoms with Crippen molar-refractivity contribution < 1.29 is 4.79 Å². The van der Waals surface area contributed by atoms with Crippen LogP contribution < -0.4 is 5.73 Å². The number of rotatable bonds is 3. The average Bonchev–Trinajstić information content (AvgIpc) is 2.51. The van der Waals surface area contributed by atoms with Gasteiger partial charge in [0.2, 0.25) is 0 Å². The maximum atomic E-state index is 11.5. The highest BCUT2D eigenvalue weighted by Gasteiger charge is 2.12. The molecule has 1 rings (SSSR count). The molecular weight excluding hydrogens is 168 g/mol. The highest BCUT2D eigenvalue weighted by atomic mass is 16.2. The van der Waals surface area contributed by atoms with Crippen LogP contribution in [0.5, 0.6) is 0 Å². The summed E-state index contributed by atoms with van der Waals surface area (Å²) in [7, 11) is 1.68. The van der Waals surface area contributed by atoms with Crippen LogP contribution >= 0.6 is 0 Å². The summed E-state index contributed by atoms with van der Waals surface area (Å²) in [5.41, 5.74) is 5.75. The van der Waals surface area contributed by atoms with Crippen LogP contribution in [0.4, 0.5) is 5.82 Å². The predicted molar refractivity (Wildman–Crippen MR) is 50.2 cm³/mol. The topological polar surface area (TPSA) is 75.0 Å². The molecule has 1 amide bonds. The van der Waals surface area contributed by atoms with Gasteiger partial charge in [-0.1, -0.05) is 6.08 Å². The Morgan fingerprint density at radius 1 is 1.92 bits per heavy atom. The summed E-state index contributed by atoms with van der Waals surface area (Å²) in [6.07, 6.45) is 1.65. The van der Waals surface area contributed by atoms with Crippen molar-refractivity contribution in [3.8, 4) is 0 Å². The van der Waals surface area contributed by atoms with Gasteiger partial charge in [-0.05, 0) is 0 Å². The lowest BCUT2D eigenvalue weighted by Gasteiger charge is -2.12. The molecule has 0 aliphatic heterocycles. The Kier molecular flexibility index (Phi) is 2.69. The summed E-state index contributed by atoms with van der Waals surface area (Å²) in [6.45, 7) is 4.04. The predicted octanol–water partition coefficient (Wildman–Crippen LogP) is 0.250. The number of anilines is 1. The fourth-order valence-electron chi connectivity index (χ4n) is 0.929. The van der Waals surface area contributed by atoms with Gasteiger partial charge in [0, 0.05) is 19.7 Å². The second kappa shape index (κ2) is 3.75. The number of likely N-dealkylation sites (N-methyl/N-ethyl adjacent to an activating group) is 1. The third-order valence-electron chi connectivity index (χ3n) is 1.58. The number of hydrogen-bond acceptors (Lipinski definition) is 3. The zero-order valence-electron chi connectivity index (χ0n) is 7.45. The van der Waals surface area contributed by atoms with Gasteiger partial charge >= 0.3 is 0 Å². The molecule has 0 atom stereocenters. The fraction of sp³-hybridized carbons (Fsp3) is 0.250. The van der Waals surface area contributed by atoms with Crippen molar-refractivity contribution in [3.05, 3.63) is 24.4 Å². The minimum Gasteiger partial charge on any atom is -0.382 e. The summed E-state index contributed by atoms with van der Waals surface area (Å²) in [5.74, 6) is 0.166. The van der Waals surface area contributed by atoms with E-state index in [0.29, 0.717) is 18.1 Å². The number of carbonyl (C=O) groups excluding carboxylic acids is 1. The first-order valence-electron chi connectivity index (χ1n) is 3.82. The van der Waals surface area contributed by atoms with Crippen molar-refractivity contribution in [2.24, 2.45) is 0 Å². The molecule has 1 aromatic rings. The van der Waals surface area contributed by atoms with E-state index in [1.807, 2.05) is 0 Å². The Bertz CT molecular complexity index is 318. The van der Waals surface area contributed by atoms with Crippen molar-refractivity contribution >= 4 is 11.7 Å². The number of nitrogens with one attached hydrogen (secondary N) is 1. The van der Waals surface area contributed by atoms with E-state index in [1.165, 1.54) is 11.0 Å². The van der Waals surface area contributed by atoms with E-state index < -0.39 is 0 Å². The lowest BCUT2D eigenvalue weighted by atomic mass is 10.3. The molecule has 1 aromatic heterocycles. The van der Waals surface area contributed by atoms with Gasteiger partial charge < -0.3 is 10.6 Å². The van der Waals surface area contributed by atoms with Crippen LogP contribution in [0, 0.1) is 0 Å². The molecule has 0 bridgehead atoms. The molecule has 0 aliphatic carbocycles. The van der Waals surface area contributed by atoms with Crippen molar-refractivity contribution in [1.29, 1.82) is 0 Å². The standard InChI is InChI=1S/C8H12N4O/c1-3-4-12(2)8(13)6-5-7(9)11-10-6/h3,5H,1,4H2,2H3,(H3,9,10,11). The van der Waals surface area contributed by atoms with Crippen LogP contribution in [0.25, 0.3) is 0 Å². The summed E-state index contributed by atoms with van der Waals surface area (Å²) in [5, 5.41) is 6.20. The van der Waals surface area contributed by atoms with E-state index in [-0.39, 0.29) is 5.91 Å². The van der Waals surface area contributed by atoms with E-state index >= 15 is 0 Å². The van der Waals surface area contributed by atoms with E-state index in [2.05, 4.69) is 16.8 Å². The normalized spacial score (nSPS) is 9.62. The van der Waals surface area contributed by atoms with E-state index in [4.69, 9.17) is 5.73 Å². The van der Waals surface area contributed by atoms with Crippen LogP contribution in [-0.4, -0.2) is 34.6 Å². The molecule has 0 saturated carbocycles. The molecule has 13 heavy (non-hydrogen) atoms. The molecule has 0 aliphatic rings. The van der Waals surface area contributed by atoms with E-state index in [0.717, 1.165) is 0 Å². The molecule has 70 valence electrons. The number of H-pyrrole nitrogens is 1. The van der Waals surface area contributed by atoms with Gasteiger partial charge in [0.25, 0.3) is 5.91 Å². The molecule has 1 heterocycles. The maximum absolute atomic E-state index is 11.5. The molecule has 0 saturated heterocycles. The Hall–Kier alpha value is -1.78. The van der Waals surface area contributed by atoms with Crippen molar-refractivity contribution in [1.82, 2.24) is 15.1 Å². The summed E-state index contributed by atoms with van der Waals surface area (Å²) < 4.78 is 0. The molecule has 5 nitrogen and oxygen atoms in total. The smallest absolute Gasteiger partial charge is 0.271 e. The lowest BCUT2D eigenvalue weighted by Crippen LogP contribution is -2.26. The number of amides is 1. The molecule has 0 fully saturated rings. The highest BCUT2D eigenvalue weighted by Crippen LogP contribution is 2.03. The van der Waals surface area contributed by atoms with Gasteiger partial charge in [0.15, 0.2) is 0 Å². The Morgan fingerprint density at radius 2 is 2.62 bits per heavy atom. The third kappa shape index (κ3) is 2.08. The third-order valence-corrected chi connectivity index (χ3v) is 1.58. The first kappa shape index (κ1) is 9.31. The average molecular weight is 180 g/mol. The van der Waals surface area contributed by atoms with Crippen LogP contribution in [0.15, 0.2) is 18.7 Å². The minimum absolute atomic E-state index is 0.149. The van der Waals surface area contributed by atoms with Crippen molar-refractivity contribution in [2.45, 2.75) is 0 Å². The first-order valence-corrected chi connectivity index (χ1v) is 3.82. The number of nitrogen functional groups attached to an aromatic ring is 1. The van der Waals surface area contributed by atoms with Crippen LogP contribution in [-0.2, 0) is 0 Å². The SMILES string of the molecule is C=CCN(C)C(=O)c1cc(N)n[nH]1. The van der Waals surface area contributed by atoms with Crippen molar-refractivity contribution in [3.63, 3.8) is 0 Å². The molecule has 0 spiro atoms. The van der Waals surface area contributed by atoms with Crippen LogP contribution in [0.3, 0.4) is 0 Å². The quantitative estimate of drug-likeness (QED) is 0.655. The lowest BCUT2D eigenvalue weighted by molar-refractivity contribution is 0.0804. The summed E-state index contributed by atoms with van der Waals surface area (Å²) in [6, 6.07) is 1.50. The van der Waals surface area contributed by atoms with E-state index in [9.17, 15) is 4.79 Å². The fourth-order valence-corrected chi connectivity index (χ4v) is 0.929.